The minimum atomic E-state index is 0.621. The molecule has 0 spiro atoms. The average molecular weight is 246 g/mol. The first-order chi connectivity index (χ1) is 8.83. The fourth-order valence-electron chi connectivity index (χ4n) is 1.66. The molecule has 0 unspecified atom stereocenters. The van der Waals surface area contributed by atoms with Gasteiger partial charge >= 0.3 is 0 Å². The van der Waals surface area contributed by atoms with Crippen LogP contribution < -0.4 is 10.6 Å². The normalized spacial score (nSPS) is 10.3. The van der Waals surface area contributed by atoms with Crippen LogP contribution in [0.3, 0.4) is 0 Å². The van der Waals surface area contributed by atoms with Crippen molar-refractivity contribution >= 4 is 11.6 Å². The van der Waals surface area contributed by atoms with E-state index in [1.54, 1.807) is 6.33 Å². The molecule has 18 heavy (non-hydrogen) atoms. The molecule has 0 saturated carbocycles. The molecule has 0 aliphatic heterocycles. The molecule has 0 atom stereocenters. The van der Waals surface area contributed by atoms with Crippen molar-refractivity contribution in [3.63, 3.8) is 0 Å². The summed E-state index contributed by atoms with van der Waals surface area (Å²) in [6.45, 7) is 6.47. The SMILES string of the molecule is CCNc1cccc(NCc2nncn2CC)n1. The number of anilines is 2. The van der Waals surface area contributed by atoms with Gasteiger partial charge in [0.25, 0.3) is 0 Å². The largest absolute Gasteiger partial charge is 0.370 e. The zero-order valence-electron chi connectivity index (χ0n) is 10.7. The van der Waals surface area contributed by atoms with Crippen molar-refractivity contribution in [3.05, 3.63) is 30.4 Å². The van der Waals surface area contributed by atoms with E-state index in [-0.39, 0.29) is 0 Å². The van der Waals surface area contributed by atoms with Crippen LogP contribution in [0.2, 0.25) is 0 Å². The Morgan fingerprint density at radius 1 is 1.17 bits per heavy atom. The molecule has 0 fully saturated rings. The highest BCUT2D eigenvalue weighted by atomic mass is 15.3. The van der Waals surface area contributed by atoms with E-state index in [2.05, 4.69) is 32.7 Å². The maximum Gasteiger partial charge on any atom is 0.152 e. The molecule has 2 aromatic rings. The molecule has 6 heteroatoms. The van der Waals surface area contributed by atoms with Gasteiger partial charge in [-0.05, 0) is 26.0 Å². The second kappa shape index (κ2) is 6.00. The Labute approximate surface area is 106 Å². The Morgan fingerprint density at radius 3 is 2.67 bits per heavy atom. The van der Waals surface area contributed by atoms with Crippen LogP contribution in [0.1, 0.15) is 19.7 Å². The van der Waals surface area contributed by atoms with Crippen molar-refractivity contribution in [2.45, 2.75) is 26.9 Å². The quantitative estimate of drug-likeness (QED) is 0.812. The Morgan fingerprint density at radius 2 is 1.94 bits per heavy atom. The molecular weight excluding hydrogens is 228 g/mol. The number of nitrogens with one attached hydrogen (secondary N) is 2. The lowest BCUT2D eigenvalue weighted by Gasteiger charge is -2.08. The van der Waals surface area contributed by atoms with E-state index in [4.69, 9.17) is 0 Å². The van der Waals surface area contributed by atoms with Gasteiger partial charge in [-0.2, -0.15) is 0 Å². The monoisotopic (exact) mass is 246 g/mol. The Bertz CT molecular complexity index is 493. The van der Waals surface area contributed by atoms with Crippen molar-refractivity contribution in [1.82, 2.24) is 19.7 Å². The van der Waals surface area contributed by atoms with Gasteiger partial charge in [-0.25, -0.2) is 4.98 Å². The predicted octanol–water partition coefficient (Wildman–Crippen LogP) is 1.74. The van der Waals surface area contributed by atoms with E-state index in [0.29, 0.717) is 6.54 Å². The van der Waals surface area contributed by atoms with Crippen molar-refractivity contribution in [3.8, 4) is 0 Å². The molecular formula is C12H18N6. The van der Waals surface area contributed by atoms with Crippen molar-refractivity contribution in [2.75, 3.05) is 17.2 Å². The van der Waals surface area contributed by atoms with Gasteiger partial charge in [-0.15, -0.1) is 10.2 Å². The number of nitrogens with zero attached hydrogens (tertiary/aromatic N) is 4. The van der Waals surface area contributed by atoms with Gasteiger partial charge < -0.3 is 15.2 Å². The summed E-state index contributed by atoms with van der Waals surface area (Å²) in [5, 5.41) is 14.4. The summed E-state index contributed by atoms with van der Waals surface area (Å²) < 4.78 is 2.00. The lowest BCUT2D eigenvalue weighted by molar-refractivity contribution is 0.707. The van der Waals surface area contributed by atoms with Crippen LogP contribution in [-0.4, -0.2) is 26.3 Å². The molecule has 0 aliphatic carbocycles. The van der Waals surface area contributed by atoms with Gasteiger partial charge in [-0.1, -0.05) is 6.07 Å². The van der Waals surface area contributed by atoms with Crippen LogP contribution in [-0.2, 0) is 13.1 Å². The van der Waals surface area contributed by atoms with E-state index >= 15 is 0 Å². The highest BCUT2D eigenvalue weighted by molar-refractivity contribution is 5.44. The summed E-state index contributed by atoms with van der Waals surface area (Å²) in [5.41, 5.74) is 0. The number of hydrogen-bond acceptors (Lipinski definition) is 5. The lowest BCUT2D eigenvalue weighted by Crippen LogP contribution is -2.09. The summed E-state index contributed by atoms with van der Waals surface area (Å²) >= 11 is 0. The fraction of sp³-hybridized carbons (Fsp3) is 0.417. The van der Waals surface area contributed by atoms with Crippen molar-refractivity contribution in [1.29, 1.82) is 0 Å². The molecule has 0 aliphatic rings. The van der Waals surface area contributed by atoms with Gasteiger partial charge in [0.2, 0.25) is 0 Å². The minimum absolute atomic E-state index is 0.621. The number of pyridine rings is 1. The molecule has 0 aromatic carbocycles. The summed E-state index contributed by atoms with van der Waals surface area (Å²) in [5.74, 6) is 2.62. The first-order valence-electron chi connectivity index (χ1n) is 6.15. The van der Waals surface area contributed by atoms with Crippen LogP contribution in [0.15, 0.2) is 24.5 Å². The molecule has 0 saturated heterocycles. The molecule has 0 bridgehead atoms. The molecule has 2 aromatic heterocycles. The van der Waals surface area contributed by atoms with Gasteiger partial charge in [-0.3, -0.25) is 0 Å². The summed E-state index contributed by atoms with van der Waals surface area (Å²) in [6, 6.07) is 5.86. The maximum absolute atomic E-state index is 4.44. The second-order valence-electron chi connectivity index (χ2n) is 3.83. The van der Waals surface area contributed by atoms with Gasteiger partial charge in [0, 0.05) is 13.1 Å². The molecule has 6 nitrogen and oxygen atoms in total. The molecule has 2 heterocycles. The van der Waals surface area contributed by atoms with E-state index in [1.165, 1.54) is 0 Å². The Balaban J connectivity index is 1.99. The smallest absolute Gasteiger partial charge is 0.152 e. The molecule has 2 N–H and O–H groups in total. The fourth-order valence-corrected chi connectivity index (χ4v) is 1.66. The average Bonchev–Trinajstić information content (AvgIpc) is 2.84. The van der Waals surface area contributed by atoms with Gasteiger partial charge in [0.1, 0.15) is 18.0 Å². The zero-order valence-corrected chi connectivity index (χ0v) is 10.7. The highest BCUT2D eigenvalue weighted by Gasteiger charge is 2.03. The number of hydrogen-bond donors (Lipinski definition) is 2. The summed E-state index contributed by atoms with van der Waals surface area (Å²) in [6.07, 6.45) is 1.74. The standard InChI is InChI=1S/C12H18N6/c1-3-13-10-6-5-7-11(16-10)14-8-12-17-15-9-18(12)4-2/h5-7,9H,3-4,8H2,1-2H3,(H2,13,14,16). The zero-order chi connectivity index (χ0) is 12.8. The van der Waals surface area contributed by atoms with Crippen LogP contribution >= 0.6 is 0 Å². The number of aryl methyl sites for hydroxylation is 1. The maximum atomic E-state index is 4.44. The van der Waals surface area contributed by atoms with E-state index in [9.17, 15) is 0 Å². The topological polar surface area (TPSA) is 67.7 Å². The van der Waals surface area contributed by atoms with E-state index in [1.807, 2.05) is 29.7 Å². The molecule has 0 radical (unpaired) electrons. The first kappa shape index (κ1) is 12.3. The minimum Gasteiger partial charge on any atom is -0.370 e. The number of rotatable bonds is 6. The van der Waals surface area contributed by atoms with Crippen LogP contribution in [0.4, 0.5) is 11.6 Å². The Kier molecular flexibility index (Phi) is 4.11. The molecule has 96 valence electrons. The Hall–Kier alpha value is -2.11. The highest BCUT2D eigenvalue weighted by Crippen LogP contribution is 2.09. The second-order valence-corrected chi connectivity index (χ2v) is 3.83. The van der Waals surface area contributed by atoms with Crippen molar-refractivity contribution in [2.24, 2.45) is 0 Å². The molecule has 0 amide bonds. The first-order valence-corrected chi connectivity index (χ1v) is 6.15. The third-order valence-electron chi connectivity index (χ3n) is 2.57. The van der Waals surface area contributed by atoms with Gasteiger partial charge in [0.15, 0.2) is 5.82 Å². The van der Waals surface area contributed by atoms with E-state index < -0.39 is 0 Å². The third kappa shape index (κ3) is 2.97. The van der Waals surface area contributed by atoms with Crippen LogP contribution in [0.25, 0.3) is 0 Å². The summed E-state index contributed by atoms with van der Waals surface area (Å²) in [4.78, 5) is 4.44. The predicted molar refractivity (Wildman–Crippen MR) is 71.4 cm³/mol. The number of aromatic nitrogens is 4. The van der Waals surface area contributed by atoms with Crippen molar-refractivity contribution < 1.29 is 0 Å². The van der Waals surface area contributed by atoms with E-state index in [0.717, 1.165) is 30.5 Å². The lowest BCUT2D eigenvalue weighted by atomic mass is 10.4. The summed E-state index contributed by atoms with van der Waals surface area (Å²) in [7, 11) is 0. The molecule has 2 rings (SSSR count). The van der Waals surface area contributed by atoms with Crippen LogP contribution in [0.5, 0.6) is 0 Å². The van der Waals surface area contributed by atoms with Gasteiger partial charge in [0.05, 0.1) is 6.54 Å². The van der Waals surface area contributed by atoms with Crippen LogP contribution in [0, 0.1) is 0 Å². The third-order valence-corrected chi connectivity index (χ3v) is 2.57.